The van der Waals surface area contributed by atoms with Crippen LogP contribution in [0.5, 0.6) is 0 Å². The van der Waals surface area contributed by atoms with Crippen LogP contribution in [0.15, 0.2) is 41.7 Å². The van der Waals surface area contributed by atoms with Crippen molar-refractivity contribution in [3.63, 3.8) is 0 Å². The van der Waals surface area contributed by atoms with Gasteiger partial charge < -0.3 is 5.32 Å². The van der Waals surface area contributed by atoms with Crippen molar-refractivity contribution >= 4 is 40.6 Å². The fourth-order valence-electron chi connectivity index (χ4n) is 1.43. The number of aromatic nitrogens is 2. The average Bonchev–Trinajstić information content (AvgIpc) is 2.48. The second-order valence-electron chi connectivity index (χ2n) is 3.76. The summed E-state index contributed by atoms with van der Waals surface area (Å²) in [6.45, 7) is 0. The molecule has 9 heteroatoms. The number of carbonyl (C=O) groups excluding carboxylic acids is 1. The lowest BCUT2D eigenvalue weighted by molar-refractivity contribution is -0.388. The van der Waals surface area contributed by atoms with Crippen molar-refractivity contribution in [1.82, 2.24) is 9.97 Å². The van der Waals surface area contributed by atoms with Gasteiger partial charge in [-0.2, -0.15) is 0 Å². The maximum atomic E-state index is 11.8. The zero-order valence-electron chi connectivity index (χ0n) is 10.5. The number of rotatable bonds is 5. The normalized spacial score (nSPS) is 10.1. The summed E-state index contributed by atoms with van der Waals surface area (Å²) in [5, 5.41) is 13.8. The minimum atomic E-state index is -0.536. The van der Waals surface area contributed by atoms with E-state index in [4.69, 9.17) is 11.6 Å². The Hall–Kier alpha value is -2.19. The molecule has 2 aromatic heterocycles. The van der Waals surface area contributed by atoms with E-state index in [1.54, 1.807) is 12.1 Å². The number of carbonyl (C=O) groups is 1. The first kappa shape index (κ1) is 15.2. The minimum Gasteiger partial charge on any atom is -0.323 e. The summed E-state index contributed by atoms with van der Waals surface area (Å²) in [4.78, 5) is 29.8. The van der Waals surface area contributed by atoms with E-state index >= 15 is 0 Å². The van der Waals surface area contributed by atoms with Gasteiger partial charge in [0.1, 0.15) is 0 Å². The Morgan fingerprint density at radius 2 is 2.05 bits per heavy atom. The summed E-state index contributed by atoms with van der Waals surface area (Å²) in [6.07, 6.45) is 2.94. The van der Waals surface area contributed by atoms with Gasteiger partial charge in [-0.15, -0.1) is 0 Å². The topological polar surface area (TPSA) is 98.0 Å². The Labute approximate surface area is 128 Å². The van der Waals surface area contributed by atoms with Gasteiger partial charge in [0.25, 0.3) is 0 Å². The summed E-state index contributed by atoms with van der Waals surface area (Å²) in [5.74, 6) is -0.377. The fourth-order valence-corrected chi connectivity index (χ4v) is 2.36. The maximum absolute atomic E-state index is 11.8. The summed E-state index contributed by atoms with van der Waals surface area (Å²) in [5.41, 5.74) is 0.259. The summed E-state index contributed by atoms with van der Waals surface area (Å²) < 4.78 is 0. The average molecular weight is 325 g/mol. The first-order valence-corrected chi connectivity index (χ1v) is 7.07. The highest BCUT2D eigenvalue weighted by Crippen LogP contribution is 2.26. The largest absolute Gasteiger partial charge is 0.323 e. The molecule has 7 nitrogen and oxygen atoms in total. The van der Waals surface area contributed by atoms with Crippen LogP contribution in [0.4, 0.5) is 11.4 Å². The smallest absolute Gasteiger partial charge is 0.301 e. The molecule has 21 heavy (non-hydrogen) atoms. The lowest BCUT2D eigenvalue weighted by Crippen LogP contribution is -2.14. The van der Waals surface area contributed by atoms with Crippen molar-refractivity contribution < 1.29 is 9.72 Å². The molecule has 0 saturated heterocycles. The molecule has 0 fully saturated rings. The maximum Gasteiger partial charge on any atom is 0.301 e. The van der Waals surface area contributed by atoms with E-state index in [1.165, 1.54) is 24.5 Å². The number of pyridine rings is 2. The predicted octanol–water partition coefficient (Wildman–Crippen LogP) is 2.77. The third-order valence-electron chi connectivity index (χ3n) is 2.32. The van der Waals surface area contributed by atoms with Crippen LogP contribution in [-0.4, -0.2) is 26.6 Å². The zero-order valence-corrected chi connectivity index (χ0v) is 12.1. The van der Waals surface area contributed by atoms with Crippen molar-refractivity contribution in [1.29, 1.82) is 0 Å². The molecular formula is C12H9ClN4O3S. The molecular weight excluding hydrogens is 316 g/mol. The zero-order chi connectivity index (χ0) is 15.2. The lowest BCUT2D eigenvalue weighted by Gasteiger charge is -2.05. The van der Waals surface area contributed by atoms with E-state index in [-0.39, 0.29) is 27.5 Å². The van der Waals surface area contributed by atoms with Gasteiger partial charge in [0.2, 0.25) is 5.91 Å². The Morgan fingerprint density at radius 3 is 2.76 bits per heavy atom. The predicted molar refractivity (Wildman–Crippen MR) is 79.5 cm³/mol. The summed E-state index contributed by atoms with van der Waals surface area (Å²) in [6, 6.07) is 6.06. The van der Waals surface area contributed by atoms with Gasteiger partial charge in [-0.1, -0.05) is 23.4 Å². The van der Waals surface area contributed by atoms with Gasteiger partial charge in [-0.25, -0.2) is 9.97 Å². The van der Waals surface area contributed by atoms with E-state index in [9.17, 15) is 14.9 Å². The Morgan fingerprint density at radius 1 is 1.33 bits per heavy atom. The number of anilines is 1. The van der Waals surface area contributed by atoms with Gasteiger partial charge in [-0.05, 0) is 18.2 Å². The molecule has 108 valence electrons. The van der Waals surface area contributed by atoms with Crippen LogP contribution >= 0.6 is 23.4 Å². The molecule has 1 N–H and O–H groups in total. The van der Waals surface area contributed by atoms with Gasteiger partial charge in [0.15, 0.2) is 10.2 Å². The number of amides is 1. The summed E-state index contributed by atoms with van der Waals surface area (Å²) in [7, 11) is 0. The molecule has 2 rings (SSSR count). The van der Waals surface area contributed by atoms with Crippen LogP contribution in [-0.2, 0) is 4.79 Å². The Kier molecular flexibility index (Phi) is 5.07. The first-order chi connectivity index (χ1) is 10.1. The molecule has 0 spiro atoms. The number of nitro groups is 1. The van der Waals surface area contributed by atoms with Crippen molar-refractivity contribution in [3.05, 3.63) is 51.9 Å². The molecule has 0 aliphatic heterocycles. The number of nitrogens with one attached hydrogen (secondary N) is 1. The first-order valence-electron chi connectivity index (χ1n) is 5.70. The van der Waals surface area contributed by atoms with Crippen molar-refractivity contribution in [2.75, 3.05) is 11.1 Å². The Bertz CT molecular complexity index is 683. The molecule has 0 radical (unpaired) electrons. The number of nitrogens with zero attached hydrogens (tertiary/aromatic N) is 3. The quantitative estimate of drug-likeness (QED) is 0.393. The lowest BCUT2D eigenvalue weighted by atomic mass is 10.4. The van der Waals surface area contributed by atoms with E-state index in [0.717, 1.165) is 11.8 Å². The number of thioether (sulfide) groups is 1. The molecule has 1 amide bonds. The van der Waals surface area contributed by atoms with E-state index < -0.39 is 4.92 Å². The highest BCUT2D eigenvalue weighted by atomic mass is 35.5. The third-order valence-corrected chi connectivity index (χ3v) is 3.62. The minimum absolute atomic E-state index is 0.0247. The van der Waals surface area contributed by atoms with Gasteiger partial charge >= 0.3 is 5.69 Å². The standard InChI is InChI=1S/C12H9ClN4O3S/c13-11-8(3-1-5-14-11)16-10(18)7-21-12-9(17(19)20)4-2-6-15-12/h1-6H,7H2,(H,16,18). The molecule has 0 saturated carbocycles. The van der Waals surface area contributed by atoms with Crippen LogP contribution in [0.25, 0.3) is 0 Å². The van der Waals surface area contributed by atoms with Crippen molar-refractivity contribution in [2.24, 2.45) is 0 Å². The molecule has 0 aliphatic carbocycles. The van der Waals surface area contributed by atoms with Gasteiger partial charge in [0.05, 0.1) is 16.4 Å². The van der Waals surface area contributed by atoms with E-state index in [1.807, 2.05) is 0 Å². The van der Waals surface area contributed by atoms with E-state index in [0.29, 0.717) is 5.69 Å². The van der Waals surface area contributed by atoms with E-state index in [2.05, 4.69) is 15.3 Å². The second kappa shape index (κ2) is 7.00. The molecule has 0 bridgehead atoms. The van der Waals surface area contributed by atoms with Gasteiger partial charge in [0, 0.05) is 18.5 Å². The molecule has 0 aromatic carbocycles. The molecule has 0 aliphatic rings. The molecule has 0 atom stereocenters. The van der Waals surface area contributed by atoms with Gasteiger partial charge in [-0.3, -0.25) is 14.9 Å². The number of halogens is 1. The third kappa shape index (κ3) is 4.14. The highest BCUT2D eigenvalue weighted by molar-refractivity contribution is 8.00. The summed E-state index contributed by atoms with van der Waals surface area (Å²) >= 11 is 6.80. The second-order valence-corrected chi connectivity index (χ2v) is 5.09. The van der Waals surface area contributed by atoms with Crippen LogP contribution in [0.2, 0.25) is 5.15 Å². The SMILES string of the molecule is O=C(CSc1ncccc1[N+](=O)[O-])Nc1cccnc1Cl. The number of hydrogen-bond donors (Lipinski definition) is 1. The monoisotopic (exact) mass is 324 g/mol. The van der Waals surface area contributed by atoms with Crippen LogP contribution in [0.3, 0.4) is 0 Å². The van der Waals surface area contributed by atoms with Crippen molar-refractivity contribution in [3.8, 4) is 0 Å². The van der Waals surface area contributed by atoms with Crippen LogP contribution in [0.1, 0.15) is 0 Å². The highest BCUT2D eigenvalue weighted by Gasteiger charge is 2.16. The molecule has 2 heterocycles. The Balaban J connectivity index is 1.99. The molecule has 2 aromatic rings. The number of hydrogen-bond acceptors (Lipinski definition) is 6. The van der Waals surface area contributed by atoms with Crippen LogP contribution < -0.4 is 5.32 Å². The fraction of sp³-hybridized carbons (Fsp3) is 0.0833. The van der Waals surface area contributed by atoms with Crippen molar-refractivity contribution in [2.45, 2.75) is 5.03 Å². The van der Waals surface area contributed by atoms with Crippen LogP contribution in [0, 0.1) is 10.1 Å². The molecule has 0 unspecified atom stereocenters.